The molecule has 28 heavy (non-hydrogen) atoms. The summed E-state index contributed by atoms with van der Waals surface area (Å²) in [6.45, 7) is 1.89. The van der Waals surface area contributed by atoms with Crippen molar-refractivity contribution in [2.24, 2.45) is 5.10 Å². The molecule has 0 fully saturated rings. The summed E-state index contributed by atoms with van der Waals surface area (Å²) in [5.74, 6) is -0.739. The van der Waals surface area contributed by atoms with E-state index in [1.54, 1.807) is 36.4 Å². The van der Waals surface area contributed by atoms with Gasteiger partial charge < -0.3 is 10.2 Å². The van der Waals surface area contributed by atoms with Gasteiger partial charge in [-0.15, -0.1) is 0 Å². The van der Waals surface area contributed by atoms with Crippen molar-refractivity contribution in [3.63, 3.8) is 0 Å². The molecule has 0 aliphatic carbocycles. The van der Waals surface area contributed by atoms with Gasteiger partial charge in [-0.2, -0.15) is 5.10 Å². The number of phenolic OH excluding ortho intramolecular Hbond substituents is 2. The highest BCUT2D eigenvalue weighted by atomic mass is 35.5. The van der Waals surface area contributed by atoms with Gasteiger partial charge in [-0.1, -0.05) is 29.3 Å². The molecule has 3 aromatic carbocycles. The Balaban J connectivity index is 1.73. The number of nitrogens with one attached hydrogen (secondary N) is 1. The maximum Gasteiger partial charge on any atom is 0.206 e. The largest absolute Gasteiger partial charge is 0.504 e. The van der Waals surface area contributed by atoms with Crippen LogP contribution in [0.3, 0.4) is 0 Å². The fourth-order valence-electron chi connectivity index (χ4n) is 2.42. The van der Waals surface area contributed by atoms with Gasteiger partial charge >= 0.3 is 0 Å². The molecule has 0 bridgehead atoms. The molecule has 0 spiro atoms. The van der Waals surface area contributed by atoms with Crippen molar-refractivity contribution in [2.75, 3.05) is 5.43 Å². The smallest absolute Gasteiger partial charge is 0.206 e. The molecule has 0 aliphatic rings. The number of hydrogen-bond acceptors (Lipinski definition) is 6. The van der Waals surface area contributed by atoms with Crippen LogP contribution in [0.2, 0.25) is 5.02 Å². The molecular weight excluding hydrogens is 400 g/mol. The molecule has 144 valence electrons. The molecule has 0 saturated carbocycles. The van der Waals surface area contributed by atoms with Crippen LogP contribution < -0.4 is 5.43 Å². The van der Waals surface area contributed by atoms with E-state index < -0.39 is 15.6 Å². The summed E-state index contributed by atoms with van der Waals surface area (Å²) >= 11 is 5.79. The molecule has 3 aromatic rings. The standard InChI is InChI=1S/C20H17ClN2O4S/c1-13-2-6-16(7-3-13)28(26,27)17-8-4-15(5-9-17)23-22-12-14-10-18(21)20(25)19(24)11-14/h2-12,23-25H,1H3/b22-12+. The zero-order chi connectivity index (χ0) is 20.3. The molecule has 8 heteroatoms. The van der Waals surface area contributed by atoms with Crippen molar-refractivity contribution in [1.29, 1.82) is 0 Å². The summed E-state index contributed by atoms with van der Waals surface area (Å²) in [5.41, 5.74) is 4.80. The third-order valence-corrected chi connectivity index (χ3v) is 6.04. The Hall–Kier alpha value is -3.03. The van der Waals surface area contributed by atoms with Crippen molar-refractivity contribution in [2.45, 2.75) is 16.7 Å². The fraction of sp³-hybridized carbons (Fsp3) is 0.0500. The van der Waals surface area contributed by atoms with E-state index in [-0.39, 0.29) is 20.6 Å². The lowest BCUT2D eigenvalue weighted by Crippen LogP contribution is -2.02. The second-order valence-corrected chi connectivity index (χ2v) is 8.44. The van der Waals surface area contributed by atoms with Gasteiger partial charge in [0.05, 0.1) is 26.7 Å². The highest BCUT2D eigenvalue weighted by Crippen LogP contribution is 2.33. The van der Waals surface area contributed by atoms with E-state index in [2.05, 4.69) is 10.5 Å². The minimum Gasteiger partial charge on any atom is -0.504 e. The summed E-state index contributed by atoms with van der Waals surface area (Å²) in [4.78, 5) is 0.418. The average Bonchev–Trinajstić information content (AvgIpc) is 2.67. The lowest BCUT2D eigenvalue weighted by atomic mass is 10.2. The Labute approximate surface area is 167 Å². The summed E-state index contributed by atoms with van der Waals surface area (Å²) in [7, 11) is -3.58. The number of anilines is 1. The summed E-state index contributed by atoms with van der Waals surface area (Å²) < 4.78 is 25.3. The maximum atomic E-state index is 12.6. The van der Waals surface area contributed by atoms with Crippen LogP contribution in [0.5, 0.6) is 11.5 Å². The van der Waals surface area contributed by atoms with Gasteiger partial charge in [0.15, 0.2) is 11.5 Å². The molecule has 0 atom stereocenters. The second kappa shape index (κ2) is 7.92. The zero-order valence-electron chi connectivity index (χ0n) is 14.8. The van der Waals surface area contributed by atoms with Crippen LogP contribution in [0.25, 0.3) is 0 Å². The van der Waals surface area contributed by atoms with E-state index in [1.807, 2.05) is 6.92 Å². The molecule has 3 N–H and O–H groups in total. The van der Waals surface area contributed by atoms with E-state index in [1.165, 1.54) is 30.5 Å². The first-order chi connectivity index (χ1) is 13.3. The highest BCUT2D eigenvalue weighted by molar-refractivity contribution is 7.91. The second-order valence-electron chi connectivity index (χ2n) is 6.08. The molecule has 0 aromatic heterocycles. The quantitative estimate of drug-likeness (QED) is 0.326. The van der Waals surface area contributed by atoms with Crippen molar-refractivity contribution < 1.29 is 18.6 Å². The molecule has 0 heterocycles. The Morgan fingerprint density at radius 3 is 2.11 bits per heavy atom. The Morgan fingerprint density at radius 1 is 0.964 bits per heavy atom. The van der Waals surface area contributed by atoms with Gasteiger partial charge in [0.1, 0.15) is 0 Å². The van der Waals surface area contributed by atoms with Gasteiger partial charge in [0.25, 0.3) is 0 Å². The molecule has 0 amide bonds. The van der Waals surface area contributed by atoms with Crippen LogP contribution in [0.1, 0.15) is 11.1 Å². The highest BCUT2D eigenvalue weighted by Gasteiger charge is 2.17. The normalized spacial score (nSPS) is 11.6. The van der Waals surface area contributed by atoms with Crippen molar-refractivity contribution >= 4 is 33.3 Å². The van der Waals surface area contributed by atoms with Gasteiger partial charge in [0.2, 0.25) is 9.84 Å². The van der Waals surface area contributed by atoms with E-state index in [0.717, 1.165) is 5.56 Å². The molecule has 6 nitrogen and oxygen atoms in total. The Morgan fingerprint density at radius 2 is 1.54 bits per heavy atom. The first kappa shape index (κ1) is 19.7. The number of halogens is 1. The molecule has 0 unspecified atom stereocenters. The molecular formula is C20H17ClN2O4S. The third-order valence-electron chi connectivity index (χ3n) is 3.97. The monoisotopic (exact) mass is 416 g/mol. The number of benzene rings is 3. The lowest BCUT2D eigenvalue weighted by Gasteiger charge is -2.06. The molecule has 0 saturated heterocycles. The summed E-state index contributed by atoms with van der Waals surface area (Å²) in [6.07, 6.45) is 1.40. The summed E-state index contributed by atoms with van der Waals surface area (Å²) in [6, 6.07) is 15.6. The van der Waals surface area contributed by atoms with E-state index in [0.29, 0.717) is 11.3 Å². The van der Waals surface area contributed by atoms with E-state index in [4.69, 9.17) is 11.6 Å². The predicted molar refractivity (Wildman–Crippen MR) is 109 cm³/mol. The zero-order valence-corrected chi connectivity index (χ0v) is 16.4. The van der Waals surface area contributed by atoms with Gasteiger partial charge in [-0.3, -0.25) is 5.43 Å². The minimum absolute atomic E-state index is 0.00659. The number of hydrogen-bond donors (Lipinski definition) is 3. The fourth-order valence-corrected chi connectivity index (χ4v) is 3.91. The molecule has 0 aliphatic heterocycles. The number of sulfone groups is 1. The van der Waals surface area contributed by atoms with Gasteiger partial charge in [0, 0.05) is 0 Å². The van der Waals surface area contributed by atoms with E-state index >= 15 is 0 Å². The Kier molecular flexibility index (Phi) is 5.58. The number of rotatable bonds is 5. The van der Waals surface area contributed by atoms with Crippen molar-refractivity contribution in [1.82, 2.24) is 0 Å². The number of hydrazone groups is 1. The molecule has 3 rings (SSSR count). The van der Waals surface area contributed by atoms with Crippen LogP contribution in [-0.4, -0.2) is 24.8 Å². The van der Waals surface area contributed by atoms with Crippen LogP contribution in [0, 0.1) is 6.92 Å². The predicted octanol–water partition coefficient (Wildman–Crippen LogP) is 4.34. The van der Waals surface area contributed by atoms with Gasteiger partial charge in [-0.05, 0) is 61.0 Å². The van der Waals surface area contributed by atoms with Crippen molar-refractivity contribution in [3.05, 3.63) is 76.8 Å². The third kappa shape index (κ3) is 4.27. The van der Waals surface area contributed by atoms with Crippen LogP contribution >= 0.6 is 11.6 Å². The van der Waals surface area contributed by atoms with Crippen molar-refractivity contribution in [3.8, 4) is 11.5 Å². The van der Waals surface area contributed by atoms with E-state index in [9.17, 15) is 18.6 Å². The SMILES string of the molecule is Cc1ccc(S(=O)(=O)c2ccc(N/N=C/c3cc(O)c(O)c(Cl)c3)cc2)cc1. The first-order valence-electron chi connectivity index (χ1n) is 8.20. The number of phenols is 2. The first-order valence-corrected chi connectivity index (χ1v) is 10.1. The Bertz CT molecular complexity index is 1100. The number of nitrogens with zero attached hydrogens (tertiary/aromatic N) is 1. The number of aryl methyl sites for hydroxylation is 1. The van der Waals surface area contributed by atoms with Crippen LogP contribution in [0.4, 0.5) is 5.69 Å². The average molecular weight is 417 g/mol. The van der Waals surface area contributed by atoms with Crippen LogP contribution in [0.15, 0.2) is 75.6 Å². The topological polar surface area (TPSA) is 99.0 Å². The minimum atomic E-state index is -3.58. The molecule has 0 radical (unpaired) electrons. The number of aromatic hydroxyl groups is 2. The summed E-state index contributed by atoms with van der Waals surface area (Å²) in [5, 5.41) is 23.0. The van der Waals surface area contributed by atoms with Crippen LogP contribution in [-0.2, 0) is 9.84 Å². The van der Waals surface area contributed by atoms with Gasteiger partial charge in [-0.25, -0.2) is 8.42 Å². The lowest BCUT2D eigenvalue weighted by molar-refractivity contribution is 0.404. The maximum absolute atomic E-state index is 12.6.